The second kappa shape index (κ2) is 8.72. The lowest BCUT2D eigenvalue weighted by atomic mass is 10.0. The third-order valence-electron chi connectivity index (χ3n) is 6.09. The van der Waals surface area contributed by atoms with Gasteiger partial charge in [-0.05, 0) is 54.6 Å². The van der Waals surface area contributed by atoms with Crippen LogP contribution in [0.5, 0.6) is 11.6 Å². The van der Waals surface area contributed by atoms with E-state index in [-0.39, 0.29) is 33.5 Å². The molecule has 0 bridgehead atoms. The fourth-order valence-corrected chi connectivity index (χ4v) is 4.63. The summed E-state index contributed by atoms with van der Waals surface area (Å²) in [5, 5.41) is 4.75. The first-order valence-corrected chi connectivity index (χ1v) is 12.1. The maximum atomic E-state index is 13.7. The van der Waals surface area contributed by atoms with Crippen molar-refractivity contribution >= 4 is 49.9 Å². The zero-order valence-corrected chi connectivity index (χ0v) is 20.7. The van der Waals surface area contributed by atoms with Crippen LogP contribution in [0, 0.1) is 0 Å². The molecule has 37 heavy (non-hydrogen) atoms. The van der Waals surface area contributed by atoms with Crippen LogP contribution in [0.3, 0.4) is 0 Å². The van der Waals surface area contributed by atoms with Crippen LogP contribution >= 0.6 is 15.9 Å². The smallest absolute Gasteiger partial charge is 0.281 e. The molecule has 2 N–H and O–H groups in total. The average molecular weight is 553 g/mol. The highest BCUT2D eigenvalue weighted by Gasteiger charge is 2.40. The average Bonchev–Trinajstić information content (AvgIpc) is 3.17. The minimum Gasteiger partial charge on any atom is -0.437 e. The normalized spacial score (nSPS) is 12.7. The number of nitrogens with zero attached hydrogens (tertiary/aromatic N) is 3. The Morgan fingerprint density at radius 1 is 0.784 bits per heavy atom. The summed E-state index contributed by atoms with van der Waals surface area (Å²) in [5.41, 5.74) is 6.82. The van der Waals surface area contributed by atoms with Crippen molar-refractivity contribution in [1.29, 1.82) is 0 Å². The molecule has 2 heterocycles. The second-order valence-electron chi connectivity index (χ2n) is 8.33. The zero-order valence-electron chi connectivity index (χ0n) is 19.1. The third-order valence-corrected chi connectivity index (χ3v) is 6.62. The van der Waals surface area contributed by atoms with E-state index in [4.69, 9.17) is 10.5 Å². The number of imide groups is 1. The van der Waals surface area contributed by atoms with E-state index in [2.05, 4.69) is 21.0 Å². The Morgan fingerprint density at radius 3 is 2.05 bits per heavy atom. The van der Waals surface area contributed by atoms with Crippen molar-refractivity contribution in [1.82, 2.24) is 9.78 Å². The highest BCUT2D eigenvalue weighted by molar-refractivity contribution is 9.10. The van der Waals surface area contributed by atoms with Crippen LogP contribution in [-0.4, -0.2) is 21.6 Å². The molecule has 5 aromatic rings. The summed E-state index contributed by atoms with van der Waals surface area (Å²) in [7, 11) is 0. The lowest BCUT2D eigenvalue weighted by Crippen LogP contribution is -2.29. The standard InChI is InChI=1S/C28H17BrN4O4/c29-16-11-13-19(14-12-16)37-25-20-15-21-23(27(35)32(26(21)34)17-7-3-1-4-8-17)24(30)22(20)28(36)33(31-25)18-9-5-2-6-10-18/h1-15H,30H2. The summed E-state index contributed by atoms with van der Waals surface area (Å²) in [4.78, 5) is 41.5. The van der Waals surface area contributed by atoms with Crippen LogP contribution in [0.1, 0.15) is 20.7 Å². The van der Waals surface area contributed by atoms with Gasteiger partial charge in [0.05, 0.1) is 39.0 Å². The van der Waals surface area contributed by atoms with Crippen molar-refractivity contribution in [2.75, 3.05) is 10.6 Å². The highest BCUT2D eigenvalue weighted by Crippen LogP contribution is 2.38. The van der Waals surface area contributed by atoms with E-state index < -0.39 is 17.4 Å². The number of nitrogen functional groups attached to an aromatic ring is 1. The number of benzene rings is 4. The van der Waals surface area contributed by atoms with Gasteiger partial charge in [-0.1, -0.05) is 52.3 Å². The molecule has 0 unspecified atom stereocenters. The van der Waals surface area contributed by atoms with Gasteiger partial charge in [-0.3, -0.25) is 14.4 Å². The highest BCUT2D eigenvalue weighted by atomic mass is 79.9. The van der Waals surface area contributed by atoms with E-state index in [1.807, 2.05) is 6.07 Å². The molecular formula is C28H17BrN4O4. The van der Waals surface area contributed by atoms with E-state index >= 15 is 0 Å². The number of aromatic nitrogens is 2. The molecule has 2 amide bonds. The number of halogens is 1. The Bertz CT molecular complexity index is 1770. The first-order chi connectivity index (χ1) is 17.9. The molecule has 1 aromatic heterocycles. The molecule has 0 radical (unpaired) electrons. The predicted octanol–water partition coefficient (Wildman–Crippen LogP) is 5.32. The van der Waals surface area contributed by atoms with Gasteiger partial charge in [0.25, 0.3) is 17.4 Å². The molecule has 0 atom stereocenters. The molecule has 6 rings (SSSR count). The van der Waals surface area contributed by atoms with E-state index in [0.717, 1.165) is 9.37 Å². The van der Waals surface area contributed by atoms with Crippen LogP contribution < -0.4 is 20.9 Å². The van der Waals surface area contributed by atoms with Gasteiger partial charge in [0, 0.05) is 4.47 Å². The van der Waals surface area contributed by atoms with Crippen molar-refractivity contribution in [3.63, 3.8) is 0 Å². The van der Waals surface area contributed by atoms with Crippen LogP contribution in [-0.2, 0) is 0 Å². The fourth-order valence-electron chi connectivity index (χ4n) is 4.37. The summed E-state index contributed by atoms with van der Waals surface area (Å²) in [6.07, 6.45) is 0. The van der Waals surface area contributed by atoms with E-state index in [9.17, 15) is 14.4 Å². The molecule has 0 saturated carbocycles. The molecule has 9 heteroatoms. The largest absolute Gasteiger partial charge is 0.437 e. The molecule has 8 nitrogen and oxygen atoms in total. The molecule has 1 aliphatic heterocycles. The first-order valence-electron chi connectivity index (χ1n) is 11.3. The van der Waals surface area contributed by atoms with Crippen molar-refractivity contribution < 1.29 is 14.3 Å². The molecule has 0 fully saturated rings. The number of carbonyl (C=O) groups excluding carboxylic acids is 2. The van der Waals surface area contributed by atoms with Crippen LogP contribution in [0.15, 0.2) is 100 Å². The van der Waals surface area contributed by atoms with Crippen molar-refractivity contribution in [2.24, 2.45) is 0 Å². The Labute approximate surface area is 218 Å². The van der Waals surface area contributed by atoms with Gasteiger partial charge in [0.2, 0.25) is 5.88 Å². The van der Waals surface area contributed by atoms with Crippen molar-refractivity contribution in [3.05, 3.63) is 117 Å². The summed E-state index contributed by atoms with van der Waals surface area (Å²) >= 11 is 3.40. The number of fused-ring (bicyclic) bond motifs is 2. The van der Waals surface area contributed by atoms with E-state index in [0.29, 0.717) is 17.1 Å². The predicted molar refractivity (Wildman–Crippen MR) is 144 cm³/mol. The molecule has 0 aliphatic carbocycles. The van der Waals surface area contributed by atoms with Crippen LogP contribution in [0.2, 0.25) is 0 Å². The number of anilines is 2. The fraction of sp³-hybridized carbons (Fsp3) is 0. The maximum absolute atomic E-state index is 13.7. The minimum absolute atomic E-state index is 0.0149. The molecule has 180 valence electrons. The number of carbonyl (C=O) groups is 2. The monoisotopic (exact) mass is 552 g/mol. The number of hydrogen-bond acceptors (Lipinski definition) is 6. The minimum atomic E-state index is -0.594. The summed E-state index contributed by atoms with van der Waals surface area (Å²) in [6, 6.07) is 25.9. The summed E-state index contributed by atoms with van der Waals surface area (Å²) < 4.78 is 8.13. The lowest BCUT2D eigenvalue weighted by molar-refractivity contribution is 0.0926. The number of hydrogen-bond donors (Lipinski definition) is 1. The van der Waals surface area contributed by atoms with Gasteiger partial charge in [-0.2, -0.15) is 4.68 Å². The number of ether oxygens (including phenoxy) is 1. The zero-order chi connectivity index (χ0) is 25.7. The van der Waals surface area contributed by atoms with E-state index in [1.165, 1.54) is 10.7 Å². The number of nitrogens with two attached hydrogens (primary N) is 1. The first kappa shape index (κ1) is 22.7. The maximum Gasteiger partial charge on any atom is 0.281 e. The number of para-hydroxylation sites is 2. The molecule has 0 saturated heterocycles. The number of rotatable bonds is 4. The van der Waals surface area contributed by atoms with Gasteiger partial charge in [0.15, 0.2) is 0 Å². The Morgan fingerprint density at radius 2 is 1.41 bits per heavy atom. The summed E-state index contributed by atoms with van der Waals surface area (Å²) in [6.45, 7) is 0. The van der Waals surface area contributed by atoms with Crippen LogP contribution in [0.4, 0.5) is 11.4 Å². The van der Waals surface area contributed by atoms with Crippen molar-refractivity contribution in [2.45, 2.75) is 0 Å². The Kier molecular flexibility index (Phi) is 5.35. The molecular weight excluding hydrogens is 536 g/mol. The van der Waals surface area contributed by atoms with Crippen molar-refractivity contribution in [3.8, 4) is 17.3 Å². The quantitative estimate of drug-likeness (QED) is 0.238. The lowest BCUT2D eigenvalue weighted by Gasteiger charge is -2.14. The van der Waals surface area contributed by atoms with Gasteiger partial charge < -0.3 is 10.5 Å². The van der Waals surface area contributed by atoms with Gasteiger partial charge >= 0.3 is 0 Å². The molecule has 0 spiro atoms. The van der Waals surface area contributed by atoms with Crippen LogP contribution in [0.25, 0.3) is 16.5 Å². The topological polar surface area (TPSA) is 108 Å². The Hall–Kier alpha value is -4.76. The van der Waals surface area contributed by atoms with Gasteiger partial charge in [0.1, 0.15) is 5.75 Å². The van der Waals surface area contributed by atoms with Gasteiger partial charge in [-0.25, -0.2) is 4.90 Å². The third kappa shape index (κ3) is 3.68. The molecule has 1 aliphatic rings. The summed E-state index contributed by atoms with van der Waals surface area (Å²) in [5.74, 6) is -0.610. The number of amides is 2. The second-order valence-corrected chi connectivity index (χ2v) is 9.25. The van der Waals surface area contributed by atoms with E-state index in [1.54, 1.807) is 78.9 Å². The SMILES string of the molecule is Nc1c2c(cc3c(Oc4ccc(Br)cc4)nn(-c4ccccc4)c(=O)c13)C(=O)N(c1ccccc1)C2=O. The van der Waals surface area contributed by atoms with Gasteiger partial charge in [-0.15, -0.1) is 5.10 Å². The Balaban J connectivity index is 1.63. The molecule has 4 aromatic carbocycles.